The van der Waals surface area contributed by atoms with Gasteiger partial charge >= 0.3 is 0 Å². The fourth-order valence-electron chi connectivity index (χ4n) is 1.48. The summed E-state index contributed by atoms with van der Waals surface area (Å²) in [6, 6.07) is 3.79. The zero-order valence-electron chi connectivity index (χ0n) is 7.83. The molecule has 74 valence electrons. The third-order valence-electron chi connectivity index (χ3n) is 2.17. The van der Waals surface area contributed by atoms with Gasteiger partial charge in [-0.05, 0) is 12.1 Å². The number of aromatic nitrogens is 1. The van der Waals surface area contributed by atoms with Crippen molar-refractivity contribution < 1.29 is 0 Å². The first-order chi connectivity index (χ1) is 6.75. The van der Waals surface area contributed by atoms with Gasteiger partial charge < -0.3 is 10.2 Å². The Labute approximate surface area is 88.4 Å². The van der Waals surface area contributed by atoms with Gasteiger partial charge in [0.05, 0.1) is 11.6 Å². The summed E-state index contributed by atoms with van der Waals surface area (Å²) in [5, 5.41) is 3.87. The molecule has 3 nitrogen and oxygen atoms in total. The first-order valence-electron chi connectivity index (χ1n) is 4.54. The van der Waals surface area contributed by atoms with Crippen molar-refractivity contribution in [2.75, 3.05) is 24.5 Å². The van der Waals surface area contributed by atoms with Crippen LogP contribution in [0, 0.1) is 0 Å². The van der Waals surface area contributed by atoms with Crippen molar-refractivity contribution in [3.05, 3.63) is 35.6 Å². The van der Waals surface area contributed by atoms with Gasteiger partial charge in [-0.1, -0.05) is 18.2 Å². The fraction of sp³-hybridized carbons (Fsp3) is 0.300. The SMILES string of the molecule is C=C1CN(c2ccc(Cl)cn2)CCN1. The lowest BCUT2D eigenvalue weighted by molar-refractivity contribution is 0.657. The molecule has 0 atom stereocenters. The third-order valence-corrected chi connectivity index (χ3v) is 2.40. The van der Waals surface area contributed by atoms with E-state index >= 15 is 0 Å². The highest BCUT2D eigenvalue weighted by Gasteiger charge is 2.13. The minimum atomic E-state index is 0.669. The molecule has 0 amide bonds. The standard InChI is InChI=1S/C10H12ClN3/c1-8-7-14(5-4-12-8)10-3-2-9(11)6-13-10/h2-3,6,12H,1,4-5,7H2. The molecular weight excluding hydrogens is 198 g/mol. The van der Waals surface area contributed by atoms with Gasteiger partial charge in [-0.25, -0.2) is 4.98 Å². The topological polar surface area (TPSA) is 28.2 Å². The maximum Gasteiger partial charge on any atom is 0.128 e. The van der Waals surface area contributed by atoms with Gasteiger partial charge in [0.1, 0.15) is 5.82 Å². The van der Waals surface area contributed by atoms with Crippen LogP contribution in [0.2, 0.25) is 5.02 Å². The van der Waals surface area contributed by atoms with Gasteiger partial charge in [-0.2, -0.15) is 0 Å². The number of pyridine rings is 1. The normalized spacial score (nSPS) is 16.6. The number of hydrogen-bond acceptors (Lipinski definition) is 3. The smallest absolute Gasteiger partial charge is 0.128 e. The molecule has 1 saturated heterocycles. The first-order valence-corrected chi connectivity index (χ1v) is 4.91. The van der Waals surface area contributed by atoms with E-state index in [1.54, 1.807) is 6.20 Å². The second kappa shape index (κ2) is 3.88. The van der Waals surface area contributed by atoms with Gasteiger partial charge in [0.25, 0.3) is 0 Å². The molecular formula is C10H12ClN3. The molecule has 2 heterocycles. The van der Waals surface area contributed by atoms with Gasteiger partial charge in [-0.15, -0.1) is 0 Å². The highest BCUT2D eigenvalue weighted by Crippen LogP contribution is 2.15. The van der Waals surface area contributed by atoms with Crippen molar-refractivity contribution in [1.82, 2.24) is 10.3 Å². The zero-order chi connectivity index (χ0) is 9.97. The zero-order valence-corrected chi connectivity index (χ0v) is 8.59. The van der Waals surface area contributed by atoms with E-state index in [2.05, 4.69) is 21.8 Å². The Hall–Kier alpha value is -1.22. The molecule has 1 aliphatic heterocycles. The van der Waals surface area contributed by atoms with Crippen molar-refractivity contribution in [3.63, 3.8) is 0 Å². The second-order valence-corrected chi connectivity index (χ2v) is 3.72. The summed E-state index contributed by atoms with van der Waals surface area (Å²) in [7, 11) is 0. The van der Waals surface area contributed by atoms with Crippen LogP contribution >= 0.6 is 11.6 Å². The highest BCUT2D eigenvalue weighted by atomic mass is 35.5. The van der Waals surface area contributed by atoms with Crippen LogP contribution in [0.1, 0.15) is 0 Å². The maximum atomic E-state index is 5.77. The molecule has 1 aromatic rings. The lowest BCUT2D eigenvalue weighted by atomic mass is 10.3. The summed E-state index contributed by atoms with van der Waals surface area (Å²) in [5.74, 6) is 0.956. The third kappa shape index (κ3) is 1.99. The Morgan fingerprint density at radius 3 is 3.00 bits per heavy atom. The van der Waals surface area contributed by atoms with E-state index in [1.807, 2.05) is 12.1 Å². The van der Waals surface area contributed by atoms with Crippen molar-refractivity contribution in [1.29, 1.82) is 0 Å². The summed E-state index contributed by atoms with van der Waals surface area (Å²) in [6.07, 6.45) is 1.67. The lowest BCUT2D eigenvalue weighted by Gasteiger charge is -2.30. The second-order valence-electron chi connectivity index (χ2n) is 3.29. The number of anilines is 1. The van der Waals surface area contributed by atoms with E-state index in [0.29, 0.717) is 5.02 Å². The number of nitrogens with one attached hydrogen (secondary N) is 1. The predicted molar refractivity (Wildman–Crippen MR) is 58.6 cm³/mol. The van der Waals surface area contributed by atoms with Crippen LogP contribution in [0.5, 0.6) is 0 Å². The molecule has 0 saturated carbocycles. The summed E-state index contributed by atoms with van der Waals surface area (Å²) < 4.78 is 0. The van der Waals surface area contributed by atoms with Gasteiger partial charge in [-0.3, -0.25) is 0 Å². The van der Waals surface area contributed by atoms with E-state index in [4.69, 9.17) is 11.6 Å². The fourth-order valence-corrected chi connectivity index (χ4v) is 1.60. The molecule has 4 heteroatoms. The van der Waals surface area contributed by atoms with Crippen molar-refractivity contribution in [2.45, 2.75) is 0 Å². The van der Waals surface area contributed by atoms with Crippen LogP contribution in [-0.2, 0) is 0 Å². The van der Waals surface area contributed by atoms with E-state index in [1.165, 1.54) is 0 Å². The van der Waals surface area contributed by atoms with Gasteiger partial charge in [0.15, 0.2) is 0 Å². The van der Waals surface area contributed by atoms with Crippen LogP contribution < -0.4 is 10.2 Å². The Morgan fingerprint density at radius 2 is 2.36 bits per heavy atom. The number of nitrogens with zero attached hydrogens (tertiary/aromatic N) is 2. The quantitative estimate of drug-likeness (QED) is 0.763. The summed E-state index contributed by atoms with van der Waals surface area (Å²) in [5.41, 5.74) is 1.04. The first kappa shape index (κ1) is 9.34. The van der Waals surface area contributed by atoms with Gasteiger partial charge in [0, 0.05) is 25.0 Å². The highest BCUT2D eigenvalue weighted by molar-refractivity contribution is 6.30. The van der Waals surface area contributed by atoms with Crippen LogP contribution in [0.4, 0.5) is 5.82 Å². The number of piperazine rings is 1. The van der Waals surface area contributed by atoms with Gasteiger partial charge in [0.2, 0.25) is 0 Å². The van der Waals surface area contributed by atoms with E-state index in [9.17, 15) is 0 Å². The Bertz CT molecular complexity index is 334. The Balaban J connectivity index is 2.14. The number of hydrogen-bond donors (Lipinski definition) is 1. The molecule has 0 aliphatic carbocycles. The molecule has 1 fully saturated rings. The average molecular weight is 210 g/mol. The van der Waals surface area contributed by atoms with Crippen LogP contribution in [0.15, 0.2) is 30.6 Å². The molecule has 0 radical (unpaired) electrons. The predicted octanol–water partition coefficient (Wildman–Crippen LogP) is 1.66. The summed E-state index contributed by atoms with van der Waals surface area (Å²) in [4.78, 5) is 6.44. The minimum Gasteiger partial charge on any atom is -0.386 e. The molecule has 1 aromatic heterocycles. The van der Waals surface area contributed by atoms with Crippen molar-refractivity contribution in [2.24, 2.45) is 0 Å². The lowest BCUT2D eigenvalue weighted by Crippen LogP contribution is -2.41. The van der Waals surface area contributed by atoms with E-state index in [0.717, 1.165) is 31.1 Å². The van der Waals surface area contributed by atoms with Crippen LogP contribution in [0.3, 0.4) is 0 Å². The molecule has 0 unspecified atom stereocenters. The maximum absolute atomic E-state index is 5.77. The Morgan fingerprint density at radius 1 is 1.50 bits per heavy atom. The molecule has 1 aliphatic rings. The van der Waals surface area contributed by atoms with Crippen molar-refractivity contribution >= 4 is 17.4 Å². The van der Waals surface area contributed by atoms with E-state index in [-0.39, 0.29) is 0 Å². The number of halogens is 1. The molecule has 14 heavy (non-hydrogen) atoms. The minimum absolute atomic E-state index is 0.669. The molecule has 1 N–H and O–H groups in total. The van der Waals surface area contributed by atoms with Crippen LogP contribution in [-0.4, -0.2) is 24.6 Å². The van der Waals surface area contributed by atoms with Crippen molar-refractivity contribution in [3.8, 4) is 0 Å². The molecule has 2 rings (SSSR count). The summed E-state index contributed by atoms with van der Waals surface area (Å²) in [6.45, 7) is 6.59. The number of rotatable bonds is 1. The average Bonchev–Trinajstić information content (AvgIpc) is 2.19. The van der Waals surface area contributed by atoms with Crippen LogP contribution in [0.25, 0.3) is 0 Å². The largest absolute Gasteiger partial charge is 0.386 e. The molecule has 0 bridgehead atoms. The monoisotopic (exact) mass is 209 g/mol. The van der Waals surface area contributed by atoms with E-state index < -0.39 is 0 Å². The molecule has 0 aromatic carbocycles. The molecule has 0 spiro atoms. The summed E-state index contributed by atoms with van der Waals surface area (Å²) >= 11 is 5.77. The Kier molecular flexibility index (Phi) is 2.59.